The van der Waals surface area contributed by atoms with E-state index >= 15 is 0 Å². The number of aryl methyl sites for hydroxylation is 2. The summed E-state index contributed by atoms with van der Waals surface area (Å²) in [5, 5.41) is 13.9. The summed E-state index contributed by atoms with van der Waals surface area (Å²) in [7, 11) is -4.10. The van der Waals surface area contributed by atoms with E-state index < -0.39 is 40.5 Å². The second-order valence-electron chi connectivity index (χ2n) is 9.42. The van der Waals surface area contributed by atoms with Crippen molar-refractivity contribution in [1.82, 2.24) is 14.5 Å². The lowest BCUT2D eigenvalue weighted by atomic mass is 10.0. The van der Waals surface area contributed by atoms with E-state index in [-0.39, 0.29) is 29.6 Å². The number of carboxylic acids is 1. The van der Waals surface area contributed by atoms with Gasteiger partial charge in [-0.25, -0.2) is 8.42 Å². The highest BCUT2D eigenvalue weighted by Crippen LogP contribution is 2.29. The van der Waals surface area contributed by atoms with Crippen molar-refractivity contribution in [1.29, 1.82) is 0 Å². The molecular weight excluding hydrogens is 538 g/mol. The fourth-order valence-electron chi connectivity index (χ4n) is 4.71. The predicted molar refractivity (Wildman–Crippen MR) is 147 cm³/mol. The van der Waals surface area contributed by atoms with Crippen LogP contribution in [0.1, 0.15) is 42.0 Å². The molecule has 2 N–H and O–H groups in total. The van der Waals surface area contributed by atoms with Crippen LogP contribution in [-0.4, -0.2) is 59.8 Å². The van der Waals surface area contributed by atoms with Crippen molar-refractivity contribution in [2.24, 2.45) is 0 Å². The van der Waals surface area contributed by atoms with Gasteiger partial charge in [0.15, 0.2) is 6.17 Å². The Morgan fingerprint density at radius 1 is 1.05 bits per heavy atom. The molecule has 1 aromatic heterocycles. The van der Waals surface area contributed by atoms with Crippen molar-refractivity contribution in [3.8, 4) is 0 Å². The van der Waals surface area contributed by atoms with Gasteiger partial charge in [0.25, 0.3) is 15.9 Å². The zero-order valence-electron chi connectivity index (χ0n) is 21.5. The standard InChI is InChI=1S/C28H31N3O6S2/c1-20-8-5-11-22(18-20)23(19-25(33)34)29-27(35)28-30(24(32)14-13-21-9-3-2-4-10-21)15-7-16-31(28)39(36,37)26-12-6-17-38-26/h2-6,8-12,17-18,23,28H,7,13-16,19H2,1H3,(H,29,35)(H,33,34). The van der Waals surface area contributed by atoms with E-state index in [4.69, 9.17) is 0 Å². The molecule has 3 aromatic rings. The molecule has 39 heavy (non-hydrogen) atoms. The molecule has 0 spiro atoms. The van der Waals surface area contributed by atoms with Crippen LogP contribution in [0, 0.1) is 6.92 Å². The maximum absolute atomic E-state index is 13.9. The number of aliphatic carboxylic acids is 1. The zero-order chi connectivity index (χ0) is 28.0. The molecule has 0 radical (unpaired) electrons. The fourth-order valence-corrected chi connectivity index (χ4v) is 7.42. The van der Waals surface area contributed by atoms with Gasteiger partial charge in [-0.1, -0.05) is 66.2 Å². The van der Waals surface area contributed by atoms with Crippen LogP contribution in [-0.2, 0) is 30.8 Å². The van der Waals surface area contributed by atoms with Gasteiger partial charge in [0, 0.05) is 19.5 Å². The molecule has 2 aromatic carbocycles. The predicted octanol–water partition coefficient (Wildman–Crippen LogP) is 3.57. The molecule has 2 heterocycles. The van der Waals surface area contributed by atoms with Crippen LogP contribution < -0.4 is 5.32 Å². The number of carbonyl (C=O) groups is 3. The Morgan fingerprint density at radius 3 is 2.49 bits per heavy atom. The first-order valence-corrected chi connectivity index (χ1v) is 15.0. The highest BCUT2D eigenvalue weighted by molar-refractivity contribution is 7.91. The third-order valence-corrected chi connectivity index (χ3v) is 9.79. The molecular formula is C28H31N3O6S2. The van der Waals surface area contributed by atoms with E-state index in [1.807, 2.05) is 43.3 Å². The molecule has 1 saturated heterocycles. The Labute approximate surface area is 232 Å². The lowest BCUT2D eigenvalue weighted by Crippen LogP contribution is -2.63. The average molecular weight is 570 g/mol. The van der Waals surface area contributed by atoms with Crippen molar-refractivity contribution in [2.75, 3.05) is 13.1 Å². The van der Waals surface area contributed by atoms with Gasteiger partial charge in [0.2, 0.25) is 5.91 Å². The number of sulfonamides is 1. The van der Waals surface area contributed by atoms with E-state index in [0.717, 1.165) is 26.8 Å². The summed E-state index contributed by atoms with van der Waals surface area (Å²) in [5.41, 5.74) is 2.42. The van der Waals surface area contributed by atoms with Gasteiger partial charge >= 0.3 is 5.97 Å². The van der Waals surface area contributed by atoms with E-state index in [1.165, 1.54) is 11.0 Å². The number of nitrogens with zero attached hydrogens (tertiary/aromatic N) is 2. The number of benzene rings is 2. The Balaban J connectivity index is 1.66. The summed E-state index contributed by atoms with van der Waals surface area (Å²) in [6.07, 6.45) is -0.955. The van der Waals surface area contributed by atoms with E-state index in [1.54, 1.807) is 29.6 Å². The van der Waals surface area contributed by atoms with Gasteiger partial charge in [0.1, 0.15) is 4.21 Å². The van der Waals surface area contributed by atoms with Crippen molar-refractivity contribution < 1.29 is 27.9 Å². The number of nitrogens with one attached hydrogen (secondary N) is 1. The molecule has 2 amide bonds. The summed E-state index contributed by atoms with van der Waals surface area (Å²) in [4.78, 5) is 40.3. The van der Waals surface area contributed by atoms with Gasteiger partial charge in [-0.2, -0.15) is 4.31 Å². The van der Waals surface area contributed by atoms with Crippen molar-refractivity contribution in [2.45, 2.75) is 49.0 Å². The van der Waals surface area contributed by atoms with Gasteiger partial charge in [-0.15, -0.1) is 11.3 Å². The third kappa shape index (κ3) is 6.92. The molecule has 206 valence electrons. The lowest BCUT2D eigenvalue weighted by Gasteiger charge is -2.42. The van der Waals surface area contributed by atoms with Gasteiger partial charge in [0.05, 0.1) is 12.5 Å². The van der Waals surface area contributed by atoms with Crippen LogP contribution in [0.15, 0.2) is 76.3 Å². The molecule has 1 aliphatic rings. The number of rotatable bonds is 10. The first-order valence-electron chi connectivity index (χ1n) is 12.6. The molecule has 2 unspecified atom stereocenters. The van der Waals surface area contributed by atoms with Crippen molar-refractivity contribution >= 4 is 39.1 Å². The fraction of sp³-hybridized carbons (Fsp3) is 0.321. The molecule has 9 nitrogen and oxygen atoms in total. The summed E-state index contributed by atoms with van der Waals surface area (Å²) in [5.74, 6) is -2.21. The van der Waals surface area contributed by atoms with Gasteiger partial charge < -0.3 is 15.3 Å². The number of carboxylic acid groups (broad SMARTS) is 1. The summed E-state index contributed by atoms with van der Waals surface area (Å²) >= 11 is 1.03. The normalized spacial score (nSPS) is 16.9. The van der Waals surface area contributed by atoms with E-state index in [0.29, 0.717) is 18.4 Å². The molecule has 4 rings (SSSR count). The highest BCUT2D eigenvalue weighted by Gasteiger charge is 2.44. The van der Waals surface area contributed by atoms with Crippen LogP contribution in [0.2, 0.25) is 0 Å². The molecule has 0 aliphatic carbocycles. The average Bonchev–Trinajstić information content (AvgIpc) is 3.47. The maximum Gasteiger partial charge on any atom is 0.305 e. The minimum Gasteiger partial charge on any atom is -0.481 e. The molecule has 1 aliphatic heterocycles. The minimum atomic E-state index is -4.10. The number of hydrogen-bond donors (Lipinski definition) is 2. The molecule has 2 atom stereocenters. The van der Waals surface area contributed by atoms with Crippen LogP contribution >= 0.6 is 11.3 Å². The third-order valence-electron chi connectivity index (χ3n) is 6.57. The highest BCUT2D eigenvalue weighted by atomic mass is 32.2. The number of hydrogen-bond acceptors (Lipinski definition) is 6. The Kier molecular flexibility index (Phi) is 9.16. The van der Waals surface area contributed by atoms with E-state index in [9.17, 15) is 27.9 Å². The minimum absolute atomic E-state index is 0.0504. The molecule has 1 fully saturated rings. The first-order chi connectivity index (χ1) is 18.7. The lowest BCUT2D eigenvalue weighted by molar-refractivity contribution is -0.148. The number of amides is 2. The second kappa shape index (κ2) is 12.5. The Morgan fingerprint density at radius 2 is 1.82 bits per heavy atom. The Hall–Kier alpha value is -3.54. The molecule has 0 bridgehead atoms. The van der Waals surface area contributed by atoms with E-state index in [2.05, 4.69) is 5.32 Å². The van der Waals surface area contributed by atoms with Gasteiger partial charge in [-0.3, -0.25) is 14.4 Å². The monoisotopic (exact) mass is 569 g/mol. The quantitative estimate of drug-likeness (QED) is 0.385. The van der Waals surface area contributed by atoms with Gasteiger partial charge in [-0.05, 0) is 42.3 Å². The first kappa shape index (κ1) is 28.5. The number of thiophene rings is 1. The van der Waals surface area contributed by atoms with Crippen LogP contribution in [0.3, 0.4) is 0 Å². The number of carbonyl (C=O) groups excluding carboxylic acids is 2. The maximum atomic E-state index is 13.9. The SMILES string of the molecule is Cc1cccc(C(CC(=O)O)NC(=O)C2N(C(=O)CCc3ccccc3)CCCN2S(=O)(=O)c2cccs2)c1. The summed E-state index contributed by atoms with van der Waals surface area (Å²) in [6.45, 7) is 2.11. The van der Waals surface area contributed by atoms with Crippen molar-refractivity contribution in [3.63, 3.8) is 0 Å². The Bertz CT molecular complexity index is 1410. The summed E-state index contributed by atoms with van der Waals surface area (Å²) < 4.78 is 28.4. The topological polar surface area (TPSA) is 124 Å². The molecule has 0 saturated carbocycles. The van der Waals surface area contributed by atoms with Crippen LogP contribution in [0.5, 0.6) is 0 Å². The zero-order valence-corrected chi connectivity index (χ0v) is 23.2. The van der Waals surface area contributed by atoms with Crippen LogP contribution in [0.25, 0.3) is 0 Å². The molecule has 11 heteroatoms. The second-order valence-corrected chi connectivity index (χ2v) is 12.5. The smallest absolute Gasteiger partial charge is 0.305 e. The van der Waals surface area contributed by atoms with Crippen molar-refractivity contribution in [3.05, 3.63) is 88.8 Å². The largest absolute Gasteiger partial charge is 0.481 e. The van der Waals surface area contributed by atoms with Crippen LogP contribution in [0.4, 0.5) is 0 Å². The summed E-state index contributed by atoms with van der Waals surface area (Å²) in [6, 6.07) is 18.7.